The number of hydrogen-bond donors (Lipinski definition) is 1. The molecular weight excluding hydrogens is 232 g/mol. The number of benzene rings is 1. The molecule has 1 aromatic carbocycles. The van der Waals surface area contributed by atoms with Crippen molar-refractivity contribution in [3.8, 4) is 0 Å². The van der Waals surface area contributed by atoms with E-state index < -0.39 is 15.9 Å². The summed E-state index contributed by atoms with van der Waals surface area (Å²) in [4.78, 5) is 13.1. The van der Waals surface area contributed by atoms with Gasteiger partial charge in [-0.1, -0.05) is 17.2 Å². The van der Waals surface area contributed by atoms with Crippen LogP contribution in [0.5, 0.6) is 0 Å². The number of hydrogen-bond acceptors (Lipinski definition) is 4. The second-order valence-corrected chi connectivity index (χ2v) is 4.53. The first-order valence-corrected chi connectivity index (χ1v) is 5.62. The van der Waals surface area contributed by atoms with E-state index in [0.29, 0.717) is 5.69 Å². The summed E-state index contributed by atoms with van der Waals surface area (Å²) in [5, 5.41) is 3.29. The van der Waals surface area contributed by atoms with E-state index in [0.717, 1.165) is 6.92 Å². The lowest BCUT2D eigenvalue weighted by Crippen LogP contribution is -2.28. The zero-order chi connectivity index (χ0) is 12.2. The molecule has 7 nitrogen and oxygen atoms in total. The molecular formula is C8H8N4O3S. The Labute approximate surface area is 91.8 Å². The molecule has 0 fully saturated rings. The molecule has 0 aromatic heterocycles. The molecule has 0 saturated carbocycles. The molecule has 0 atom stereocenters. The van der Waals surface area contributed by atoms with E-state index in [-0.39, 0.29) is 4.90 Å². The first-order chi connectivity index (χ1) is 7.45. The van der Waals surface area contributed by atoms with Crippen LogP contribution in [0, 0.1) is 0 Å². The molecule has 0 aliphatic carbocycles. The van der Waals surface area contributed by atoms with E-state index in [1.165, 1.54) is 24.3 Å². The summed E-state index contributed by atoms with van der Waals surface area (Å²) in [5.41, 5.74) is 8.45. The standard InChI is InChI=1S/C8H8N4O3S/c1-6(13)11-16(14,15)8-4-2-7(3-5-8)10-12-9/h2-5H,1H3,(H,11,13). The van der Waals surface area contributed by atoms with Crippen molar-refractivity contribution in [1.82, 2.24) is 4.72 Å². The van der Waals surface area contributed by atoms with Crippen LogP contribution in [0.15, 0.2) is 34.3 Å². The minimum atomic E-state index is -3.83. The highest BCUT2D eigenvalue weighted by atomic mass is 32.2. The summed E-state index contributed by atoms with van der Waals surface area (Å²) < 4.78 is 24.8. The lowest BCUT2D eigenvalue weighted by molar-refractivity contribution is -0.117. The topological polar surface area (TPSA) is 112 Å². The monoisotopic (exact) mass is 240 g/mol. The zero-order valence-corrected chi connectivity index (χ0v) is 9.10. The predicted molar refractivity (Wildman–Crippen MR) is 56.3 cm³/mol. The number of nitrogens with one attached hydrogen (secondary N) is 1. The maximum absolute atomic E-state index is 11.5. The van der Waals surface area contributed by atoms with Crippen LogP contribution in [-0.4, -0.2) is 14.3 Å². The predicted octanol–water partition coefficient (Wildman–Crippen LogP) is 1.45. The van der Waals surface area contributed by atoms with Gasteiger partial charge in [-0.3, -0.25) is 4.79 Å². The molecule has 0 aliphatic heterocycles. The first-order valence-electron chi connectivity index (χ1n) is 4.14. The van der Waals surface area contributed by atoms with Crippen LogP contribution in [-0.2, 0) is 14.8 Å². The van der Waals surface area contributed by atoms with Crippen molar-refractivity contribution < 1.29 is 13.2 Å². The van der Waals surface area contributed by atoms with Crippen molar-refractivity contribution in [3.05, 3.63) is 34.7 Å². The normalized spacial score (nSPS) is 10.3. The van der Waals surface area contributed by atoms with Crippen LogP contribution < -0.4 is 4.72 Å². The molecule has 1 amide bonds. The summed E-state index contributed by atoms with van der Waals surface area (Å²) in [6.45, 7) is 1.10. The van der Waals surface area contributed by atoms with Crippen molar-refractivity contribution >= 4 is 21.6 Å². The number of nitrogens with zero attached hydrogens (tertiary/aromatic N) is 3. The maximum Gasteiger partial charge on any atom is 0.264 e. The molecule has 0 radical (unpaired) electrons. The molecule has 1 aromatic rings. The summed E-state index contributed by atoms with van der Waals surface area (Å²) in [6.07, 6.45) is 0. The molecule has 0 unspecified atom stereocenters. The van der Waals surface area contributed by atoms with E-state index in [1.54, 1.807) is 0 Å². The Morgan fingerprint density at radius 3 is 2.38 bits per heavy atom. The third-order valence-corrected chi connectivity index (χ3v) is 3.03. The van der Waals surface area contributed by atoms with Gasteiger partial charge in [0.05, 0.1) is 4.90 Å². The third kappa shape index (κ3) is 2.97. The van der Waals surface area contributed by atoms with Gasteiger partial charge >= 0.3 is 0 Å². The molecule has 0 heterocycles. The van der Waals surface area contributed by atoms with E-state index in [2.05, 4.69) is 10.0 Å². The van der Waals surface area contributed by atoms with E-state index >= 15 is 0 Å². The van der Waals surface area contributed by atoms with Gasteiger partial charge in [-0.25, -0.2) is 13.1 Å². The van der Waals surface area contributed by atoms with Gasteiger partial charge < -0.3 is 0 Å². The van der Waals surface area contributed by atoms with Crippen LogP contribution in [0.4, 0.5) is 5.69 Å². The molecule has 0 spiro atoms. The summed E-state index contributed by atoms with van der Waals surface area (Å²) in [5.74, 6) is -0.667. The maximum atomic E-state index is 11.5. The van der Waals surface area contributed by atoms with Gasteiger partial charge in [-0.15, -0.1) is 0 Å². The Morgan fingerprint density at radius 2 is 1.94 bits per heavy atom. The number of carbonyl (C=O) groups excluding carboxylic acids is 1. The zero-order valence-electron chi connectivity index (χ0n) is 8.28. The number of azide groups is 1. The summed E-state index contributed by atoms with van der Waals surface area (Å²) in [6, 6.07) is 5.17. The second-order valence-electron chi connectivity index (χ2n) is 2.85. The summed E-state index contributed by atoms with van der Waals surface area (Å²) >= 11 is 0. The Kier molecular flexibility index (Phi) is 3.49. The number of carbonyl (C=O) groups is 1. The first kappa shape index (κ1) is 12.0. The molecule has 1 N–H and O–H groups in total. The minimum absolute atomic E-state index is 0.0698. The summed E-state index contributed by atoms with van der Waals surface area (Å²) in [7, 11) is -3.83. The number of amides is 1. The van der Waals surface area contributed by atoms with Gasteiger partial charge in [0.2, 0.25) is 5.91 Å². The van der Waals surface area contributed by atoms with Gasteiger partial charge in [0.25, 0.3) is 10.0 Å². The highest BCUT2D eigenvalue weighted by Crippen LogP contribution is 2.16. The Hall–Kier alpha value is -2.05. The van der Waals surface area contributed by atoms with Crippen molar-refractivity contribution in [1.29, 1.82) is 0 Å². The largest absolute Gasteiger partial charge is 0.274 e. The number of sulfonamides is 1. The van der Waals surface area contributed by atoms with Crippen molar-refractivity contribution in [3.63, 3.8) is 0 Å². The van der Waals surface area contributed by atoms with Crippen molar-refractivity contribution in [2.45, 2.75) is 11.8 Å². The molecule has 0 aliphatic rings. The fourth-order valence-corrected chi connectivity index (χ4v) is 1.98. The van der Waals surface area contributed by atoms with Gasteiger partial charge in [-0.05, 0) is 17.7 Å². The van der Waals surface area contributed by atoms with Crippen molar-refractivity contribution in [2.75, 3.05) is 0 Å². The smallest absolute Gasteiger partial charge is 0.264 e. The molecule has 84 valence electrons. The highest BCUT2D eigenvalue weighted by molar-refractivity contribution is 7.90. The highest BCUT2D eigenvalue weighted by Gasteiger charge is 2.14. The Bertz CT molecular complexity index is 543. The van der Waals surface area contributed by atoms with Crippen LogP contribution in [0.3, 0.4) is 0 Å². The van der Waals surface area contributed by atoms with Gasteiger partial charge in [-0.2, -0.15) is 0 Å². The average molecular weight is 240 g/mol. The van der Waals surface area contributed by atoms with Gasteiger partial charge in [0.15, 0.2) is 0 Å². The molecule has 8 heteroatoms. The minimum Gasteiger partial charge on any atom is -0.274 e. The van der Waals surface area contributed by atoms with Crippen LogP contribution >= 0.6 is 0 Å². The SMILES string of the molecule is CC(=O)NS(=O)(=O)c1ccc(N=[N+]=[N-])cc1. The fraction of sp³-hybridized carbons (Fsp3) is 0.125. The Balaban J connectivity index is 3.06. The van der Waals surface area contributed by atoms with E-state index in [1.807, 2.05) is 4.72 Å². The second kappa shape index (κ2) is 4.65. The Morgan fingerprint density at radius 1 is 1.38 bits per heavy atom. The van der Waals surface area contributed by atoms with Gasteiger partial charge in [0, 0.05) is 17.5 Å². The lowest BCUT2D eigenvalue weighted by Gasteiger charge is -2.04. The molecule has 16 heavy (non-hydrogen) atoms. The average Bonchev–Trinajstić information content (AvgIpc) is 2.17. The van der Waals surface area contributed by atoms with Gasteiger partial charge in [0.1, 0.15) is 0 Å². The van der Waals surface area contributed by atoms with Crippen molar-refractivity contribution in [2.24, 2.45) is 5.11 Å². The molecule has 1 rings (SSSR count). The number of rotatable bonds is 3. The van der Waals surface area contributed by atoms with Crippen LogP contribution in [0.25, 0.3) is 10.4 Å². The third-order valence-electron chi connectivity index (χ3n) is 1.59. The quantitative estimate of drug-likeness (QED) is 0.490. The van der Waals surface area contributed by atoms with E-state index in [4.69, 9.17) is 5.53 Å². The van der Waals surface area contributed by atoms with Crippen LogP contribution in [0.2, 0.25) is 0 Å². The molecule has 0 saturated heterocycles. The lowest BCUT2D eigenvalue weighted by atomic mass is 10.3. The van der Waals surface area contributed by atoms with E-state index in [9.17, 15) is 13.2 Å². The molecule has 0 bridgehead atoms. The fourth-order valence-electron chi connectivity index (χ4n) is 0.992. The van der Waals surface area contributed by atoms with Crippen LogP contribution in [0.1, 0.15) is 6.92 Å².